The summed E-state index contributed by atoms with van der Waals surface area (Å²) >= 11 is 0. The fraction of sp³-hybridized carbons (Fsp3) is 0.375. The quantitative estimate of drug-likeness (QED) is 0.786. The minimum atomic E-state index is 0.122. The van der Waals surface area contributed by atoms with Crippen molar-refractivity contribution in [1.82, 2.24) is 14.9 Å². The van der Waals surface area contributed by atoms with Crippen molar-refractivity contribution in [3.05, 3.63) is 54.1 Å². The van der Waals surface area contributed by atoms with Crippen LogP contribution in [0.2, 0.25) is 0 Å². The summed E-state index contributed by atoms with van der Waals surface area (Å²) in [6.07, 6.45) is 7.76. The summed E-state index contributed by atoms with van der Waals surface area (Å²) in [7, 11) is 0. The van der Waals surface area contributed by atoms with E-state index in [4.69, 9.17) is 0 Å². The molecule has 0 saturated heterocycles. The van der Waals surface area contributed by atoms with E-state index in [0.717, 1.165) is 19.4 Å². The number of aryl methyl sites for hydroxylation is 3. The number of rotatable bonds is 7. The van der Waals surface area contributed by atoms with Gasteiger partial charge in [-0.25, -0.2) is 4.98 Å². The second-order valence-corrected chi connectivity index (χ2v) is 4.99. The molecule has 0 saturated carbocycles. The second kappa shape index (κ2) is 7.48. The lowest BCUT2D eigenvalue weighted by Gasteiger charge is -2.06. The van der Waals surface area contributed by atoms with Crippen molar-refractivity contribution in [1.29, 1.82) is 0 Å². The van der Waals surface area contributed by atoms with Crippen molar-refractivity contribution in [2.24, 2.45) is 0 Å². The summed E-state index contributed by atoms with van der Waals surface area (Å²) in [6.45, 7) is 3.67. The van der Waals surface area contributed by atoms with Crippen LogP contribution >= 0.6 is 0 Å². The Balaban J connectivity index is 1.61. The van der Waals surface area contributed by atoms with E-state index < -0.39 is 0 Å². The van der Waals surface area contributed by atoms with E-state index in [9.17, 15) is 4.79 Å². The predicted octanol–water partition coefficient (Wildman–Crippen LogP) is 2.33. The normalized spacial score (nSPS) is 10.4. The number of aromatic nitrogens is 2. The fourth-order valence-corrected chi connectivity index (χ4v) is 2.12. The number of hydrogen-bond donors (Lipinski definition) is 1. The maximum Gasteiger partial charge on any atom is 0.220 e. The molecule has 0 atom stereocenters. The van der Waals surface area contributed by atoms with E-state index in [0.29, 0.717) is 13.0 Å². The van der Waals surface area contributed by atoms with Gasteiger partial charge in [-0.2, -0.15) is 0 Å². The SMILES string of the molecule is Cc1cccc(CCC(=O)NCCCn2ccnc2)c1. The molecule has 1 amide bonds. The van der Waals surface area contributed by atoms with Crippen LogP contribution in [0.5, 0.6) is 0 Å². The number of nitrogens with zero attached hydrogens (tertiary/aromatic N) is 2. The molecule has 1 N–H and O–H groups in total. The lowest BCUT2D eigenvalue weighted by Crippen LogP contribution is -2.25. The molecule has 0 fully saturated rings. The topological polar surface area (TPSA) is 46.9 Å². The summed E-state index contributed by atoms with van der Waals surface area (Å²) in [4.78, 5) is 15.7. The summed E-state index contributed by atoms with van der Waals surface area (Å²) < 4.78 is 2.01. The second-order valence-electron chi connectivity index (χ2n) is 4.99. The van der Waals surface area contributed by atoms with E-state index in [1.54, 1.807) is 12.5 Å². The Labute approximate surface area is 119 Å². The molecule has 4 nitrogen and oxygen atoms in total. The van der Waals surface area contributed by atoms with Crippen molar-refractivity contribution in [3.63, 3.8) is 0 Å². The molecule has 0 bridgehead atoms. The molecule has 2 rings (SSSR count). The maximum absolute atomic E-state index is 11.7. The zero-order chi connectivity index (χ0) is 14.2. The molecule has 2 aromatic rings. The van der Waals surface area contributed by atoms with Crippen LogP contribution in [0.25, 0.3) is 0 Å². The average molecular weight is 271 g/mol. The Bertz CT molecular complexity index is 534. The lowest BCUT2D eigenvalue weighted by atomic mass is 10.1. The summed E-state index contributed by atoms with van der Waals surface area (Å²) in [6, 6.07) is 8.30. The molecule has 0 spiro atoms. The first kappa shape index (κ1) is 14.3. The van der Waals surface area contributed by atoms with Crippen molar-refractivity contribution >= 4 is 5.91 Å². The number of carbonyl (C=O) groups excluding carboxylic acids is 1. The van der Waals surface area contributed by atoms with Crippen LogP contribution in [-0.4, -0.2) is 22.0 Å². The Morgan fingerprint density at radius 2 is 2.30 bits per heavy atom. The standard InChI is InChI=1S/C16H21N3O/c1-14-4-2-5-15(12-14)6-7-16(20)18-8-3-10-19-11-9-17-13-19/h2,4-5,9,11-13H,3,6-8,10H2,1H3,(H,18,20). The van der Waals surface area contributed by atoms with Gasteiger partial charge in [-0.15, -0.1) is 0 Å². The van der Waals surface area contributed by atoms with Crippen LogP contribution in [0.4, 0.5) is 0 Å². The van der Waals surface area contributed by atoms with Gasteiger partial charge in [0.15, 0.2) is 0 Å². The largest absolute Gasteiger partial charge is 0.356 e. The van der Waals surface area contributed by atoms with Gasteiger partial charge in [-0.05, 0) is 25.3 Å². The molecule has 1 aromatic carbocycles. The molecular weight excluding hydrogens is 250 g/mol. The third-order valence-electron chi connectivity index (χ3n) is 3.20. The zero-order valence-corrected chi connectivity index (χ0v) is 11.9. The Morgan fingerprint density at radius 3 is 3.05 bits per heavy atom. The highest BCUT2D eigenvalue weighted by atomic mass is 16.1. The lowest BCUT2D eigenvalue weighted by molar-refractivity contribution is -0.121. The van der Waals surface area contributed by atoms with E-state index in [1.165, 1.54) is 11.1 Å². The number of nitrogens with one attached hydrogen (secondary N) is 1. The van der Waals surface area contributed by atoms with E-state index >= 15 is 0 Å². The van der Waals surface area contributed by atoms with E-state index in [1.807, 2.05) is 16.8 Å². The van der Waals surface area contributed by atoms with Crippen LogP contribution < -0.4 is 5.32 Å². The van der Waals surface area contributed by atoms with Crippen LogP contribution in [0, 0.1) is 6.92 Å². The van der Waals surface area contributed by atoms with Crippen LogP contribution in [0.1, 0.15) is 24.0 Å². The van der Waals surface area contributed by atoms with Crippen molar-refractivity contribution in [2.45, 2.75) is 32.7 Å². The van der Waals surface area contributed by atoms with Gasteiger partial charge in [0.05, 0.1) is 6.33 Å². The molecular formula is C16H21N3O. The van der Waals surface area contributed by atoms with Crippen LogP contribution in [0.15, 0.2) is 43.0 Å². The predicted molar refractivity (Wildman–Crippen MR) is 79.4 cm³/mol. The highest BCUT2D eigenvalue weighted by molar-refractivity contribution is 5.76. The zero-order valence-electron chi connectivity index (χ0n) is 11.9. The smallest absolute Gasteiger partial charge is 0.220 e. The Hall–Kier alpha value is -2.10. The number of hydrogen-bond acceptors (Lipinski definition) is 2. The van der Waals surface area contributed by atoms with Crippen molar-refractivity contribution < 1.29 is 4.79 Å². The van der Waals surface area contributed by atoms with Gasteiger partial charge in [-0.3, -0.25) is 4.79 Å². The molecule has 0 radical (unpaired) electrons. The highest BCUT2D eigenvalue weighted by Gasteiger charge is 2.02. The van der Waals surface area contributed by atoms with Crippen LogP contribution in [0.3, 0.4) is 0 Å². The minimum absolute atomic E-state index is 0.122. The number of carbonyl (C=O) groups is 1. The number of benzene rings is 1. The molecule has 4 heteroatoms. The first-order valence-electron chi connectivity index (χ1n) is 7.02. The summed E-state index contributed by atoms with van der Waals surface area (Å²) in [5.74, 6) is 0.122. The third kappa shape index (κ3) is 4.88. The highest BCUT2D eigenvalue weighted by Crippen LogP contribution is 2.06. The van der Waals surface area contributed by atoms with E-state index in [-0.39, 0.29) is 5.91 Å². The summed E-state index contributed by atoms with van der Waals surface area (Å²) in [5, 5.41) is 2.96. The first-order chi connectivity index (χ1) is 9.74. The first-order valence-corrected chi connectivity index (χ1v) is 7.02. The van der Waals surface area contributed by atoms with Gasteiger partial charge in [0.1, 0.15) is 0 Å². The Kier molecular flexibility index (Phi) is 5.35. The average Bonchev–Trinajstić information content (AvgIpc) is 2.95. The monoisotopic (exact) mass is 271 g/mol. The molecule has 1 aromatic heterocycles. The molecule has 20 heavy (non-hydrogen) atoms. The van der Waals surface area contributed by atoms with Gasteiger partial charge >= 0.3 is 0 Å². The summed E-state index contributed by atoms with van der Waals surface area (Å²) in [5.41, 5.74) is 2.46. The number of amides is 1. The van der Waals surface area contributed by atoms with Crippen molar-refractivity contribution in [2.75, 3.05) is 6.54 Å². The third-order valence-corrected chi connectivity index (χ3v) is 3.20. The van der Waals surface area contributed by atoms with E-state index in [2.05, 4.69) is 35.4 Å². The molecule has 0 aliphatic rings. The van der Waals surface area contributed by atoms with Gasteiger partial charge in [0.2, 0.25) is 5.91 Å². The molecule has 0 aliphatic carbocycles. The van der Waals surface area contributed by atoms with Crippen molar-refractivity contribution in [3.8, 4) is 0 Å². The molecule has 0 unspecified atom stereocenters. The minimum Gasteiger partial charge on any atom is -0.356 e. The van der Waals surface area contributed by atoms with Gasteiger partial charge < -0.3 is 9.88 Å². The van der Waals surface area contributed by atoms with Gasteiger partial charge in [0.25, 0.3) is 0 Å². The van der Waals surface area contributed by atoms with Gasteiger partial charge in [0, 0.05) is 31.9 Å². The molecule has 106 valence electrons. The number of imidazole rings is 1. The van der Waals surface area contributed by atoms with Gasteiger partial charge in [-0.1, -0.05) is 29.8 Å². The fourth-order valence-electron chi connectivity index (χ4n) is 2.12. The van der Waals surface area contributed by atoms with Crippen LogP contribution in [-0.2, 0) is 17.8 Å². The Morgan fingerprint density at radius 1 is 1.40 bits per heavy atom. The maximum atomic E-state index is 11.7. The molecule has 1 heterocycles. The molecule has 0 aliphatic heterocycles.